The van der Waals surface area contributed by atoms with Crippen molar-refractivity contribution in [3.8, 4) is 0 Å². The molecule has 0 aliphatic carbocycles. The Kier molecular flexibility index (Phi) is 5.52. The van der Waals surface area contributed by atoms with Gasteiger partial charge in [-0.25, -0.2) is 9.98 Å². The first kappa shape index (κ1) is 21.0. The summed E-state index contributed by atoms with van der Waals surface area (Å²) in [5.41, 5.74) is 7.71. The lowest BCUT2D eigenvalue weighted by Crippen LogP contribution is -2.51. The highest BCUT2D eigenvalue weighted by atomic mass is 16.2. The molecule has 1 unspecified atom stereocenters. The van der Waals surface area contributed by atoms with E-state index in [4.69, 9.17) is 5.73 Å². The standard InChI is InChI=1S/C24H29N5O2/c1-16(2)24(3)13-22(31)29(23(25)27-24)14-17-9-10-26-20(11-17)28-15-19(12-21(28)30)18-7-5-4-6-8-18/h4-11,16,19H,12-15H2,1-3H3,(H2,25,27)/t19?,24-/m0/s1. The lowest BCUT2D eigenvalue weighted by atomic mass is 9.84. The van der Waals surface area contributed by atoms with E-state index < -0.39 is 5.54 Å². The van der Waals surface area contributed by atoms with E-state index >= 15 is 0 Å². The van der Waals surface area contributed by atoms with Crippen LogP contribution in [0.3, 0.4) is 0 Å². The average Bonchev–Trinajstić information content (AvgIpc) is 3.13. The zero-order valence-corrected chi connectivity index (χ0v) is 18.3. The third kappa shape index (κ3) is 4.17. The van der Waals surface area contributed by atoms with Gasteiger partial charge in [0.25, 0.3) is 0 Å². The molecule has 1 aromatic heterocycles. The molecule has 162 valence electrons. The average molecular weight is 420 g/mol. The number of aliphatic imine (C=N–C) groups is 1. The molecule has 1 fully saturated rings. The quantitative estimate of drug-likeness (QED) is 0.806. The second-order valence-corrected chi connectivity index (χ2v) is 8.98. The molecule has 2 aliphatic heterocycles. The molecular formula is C24H29N5O2. The van der Waals surface area contributed by atoms with E-state index in [1.807, 2.05) is 51.1 Å². The van der Waals surface area contributed by atoms with Crippen LogP contribution in [0.4, 0.5) is 5.82 Å². The normalized spacial score (nSPS) is 24.1. The summed E-state index contributed by atoms with van der Waals surface area (Å²) in [5.74, 6) is 1.23. The topological polar surface area (TPSA) is 91.9 Å². The smallest absolute Gasteiger partial charge is 0.232 e. The largest absolute Gasteiger partial charge is 0.369 e. The van der Waals surface area contributed by atoms with Crippen molar-refractivity contribution in [1.82, 2.24) is 9.88 Å². The molecule has 0 saturated carbocycles. The van der Waals surface area contributed by atoms with Crippen LogP contribution in [-0.4, -0.2) is 39.7 Å². The van der Waals surface area contributed by atoms with Crippen molar-refractivity contribution in [2.24, 2.45) is 16.6 Å². The van der Waals surface area contributed by atoms with Gasteiger partial charge >= 0.3 is 0 Å². The number of carbonyl (C=O) groups excluding carboxylic acids is 2. The van der Waals surface area contributed by atoms with Gasteiger partial charge in [0, 0.05) is 25.1 Å². The van der Waals surface area contributed by atoms with Crippen molar-refractivity contribution in [3.63, 3.8) is 0 Å². The summed E-state index contributed by atoms with van der Waals surface area (Å²) in [6, 6.07) is 13.8. The molecular weight excluding hydrogens is 390 g/mol. The Balaban J connectivity index is 1.52. The summed E-state index contributed by atoms with van der Waals surface area (Å²) in [5, 5.41) is 0. The van der Waals surface area contributed by atoms with Gasteiger partial charge in [-0.1, -0.05) is 44.2 Å². The number of benzene rings is 1. The zero-order valence-electron chi connectivity index (χ0n) is 18.3. The van der Waals surface area contributed by atoms with Gasteiger partial charge < -0.3 is 5.73 Å². The Bertz CT molecular complexity index is 1020. The summed E-state index contributed by atoms with van der Waals surface area (Å²) in [6.07, 6.45) is 2.47. The van der Waals surface area contributed by atoms with E-state index in [0.717, 1.165) is 11.1 Å². The summed E-state index contributed by atoms with van der Waals surface area (Å²) < 4.78 is 0. The fourth-order valence-corrected chi connectivity index (χ4v) is 4.16. The summed E-state index contributed by atoms with van der Waals surface area (Å²) in [7, 11) is 0. The van der Waals surface area contributed by atoms with E-state index in [9.17, 15) is 9.59 Å². The number of nitrogens with zero attached hydrogens (tertiary/aromatic N) is 4. The van der Waals surface area contributed by atoms with Crippen molar-refractivity contribution in [2.75, 3.05) is 11.4 Å². The van der Waals surface area contributed by atoms with Crippen LogP contribution in [0.2, 0.25) is 0 Å². The molecule has 4 rings (SSSR count). The molecule has 7 nitrogen and oxygen atoms in total. The zero-order chi connectivity index (χ0) is 22.2. The number of nitrogens with two attached hydrogens (primary N) is 1. The van der Waals surface area contributed by atoms with E-state index in [2.05, 4.69) is 22.1 Å². The number of aromatic nitrogens is 1. The number of guanidine groups is 1. The molecule has 2 N–H and O–H groups in total. The molecule has 1 saturated heterocycles. The number of rotatable bonds is 5. The molecule has 31 heavy (non-hydrogen) atoms. The summed E-state index contributed by atoms with van der Waals surface area (Å²) in [4.78, 5) is 37.8. The number of hydrogen-bond acceptors (Lipinski definition) is 5. The Morgan fingerprint density at radius 1 is 1.16 bits per heavy atom. The molecule has 0 radical (unpaired) electrons. The fraction of sp³-hybridized carbons (Fsp3) is 0.417. The minimum Gasteiger partial charge on any atom is -0.369 e. The third-order valence-corrected chi connectivity index (χ3v) is 6.52. The predicted molar refractivity (Wildman–Crippen MR) is 120 cm³/mol. The van der Waals surface area contributed by atoms with Crippen molar-refractivity contribution in [3.05, 3.63) is 59.8 Å². The number of amides is 2. The summed E-state index contributed by atoms with van der Waals surface area (Å²) in [6.45, 7) is 6.96. The van der Waals surface area contributed by atoms with Gasteiger partial charge in [0.1, 0.15) is 5.82 Å². The minimum absolute atomic E-state index is 0.0385. The maximum Gasteiger partial charge on any atom is 0.232 e. The molecule has 2 amide bonds. The van der Waals surface area contributed by atoms with Crippen LogP contribution in [0.25, 0.3) is 0 Å². The van der Waals surface area contributed by atoms with Crippen molar-refractivity contribution < 1.29 is 9.59 Å². The first-order valence-electron chi connectivity index (χ1n) is 10.7. The SMILES string of the molecule is CC(C)[C@]1(C)CC(=O)N(Cc2ccnc(N3CC(c4ccccc4)CC3=O)c2)C(N)=N1. The van der Waals surface area contributed by atoms with Gasteiger partial charge in [-0.2, -0.15) is 0 Å². The van der Waals surface area contributed by atoms with Crippen LogP contribution in [0.15, 0.2) is 53.7 Å². The first-order valence-corrected chi connectivity index (χ1v) is 10.7. The predicted octanol–water partition coefficient (Wildman–Crippen LogP) is 3.06. The number of anilines is 1. The third-order valence-electron chi connectivity index (χ3n) is 6.52. The molecule has 2 atom stereocenters. The summed E-state index contributed by atoms with van der Waals surface area (Å²) >= 11 is 0. The van der Waals surface area contributed by atoms with Crippen LogP contribution in [0, 0.1) is 5.92 Å². The molecule has 7 heteroatoms. The number of pyridine rings is 1. The van der Waals surface area contributed by atoms with E-state index in [0.29, 0.717) is 31.7 Å². The highest BCUT2D eigenvalue weighted by Crippen LogP contribution is 2.32. The first-order chi connectivity index (χ1) is 14.8. The minimum atomic E-state index is -0.477. The molecule has 2 aliphatic rings. The van der Waals surface area contributed by atoms with E-state index in [-0.39, 0.29) is 29.6 Å². The van der Waals surface area contributed by atoms with Gasteiger partial charge in [-0.15, -0.1) is 0 Å². The van der Waals surface area contributed by atoms with Crippen LogP contribution < -0.4 is 10.6 Å². The number of carbonyl (C=O) groups is 2. The molecule has 2 aromatic rings. The van der Waals surface area contributed by atoms with E-state index in [1.54, 1.807) is 11.1 Å². The molecule has 3 heterocycles. The Labute approximate surface area is 183 Å². The van der Waals surface area contributed by atoms with Gasteiger partial charge in [0.15, 0.2) is 5.96 Å². The number of hydrogen-bond donors (Lipinski definition) is 1. The maximum atomic E-state index is 12.8. The van der Waals surface area contributed by atoms with Crippen molar-refractivity contribution >= 4 is 23.6 Å². The lowest BCUT2D eigenvalue weighted by molar-refractivity contribution is -0.130. The monoisotopic (exact) mass is 419 g/mol. The van der Waals surface area contributed by atoms with Crippen LogP contribution in [-0.2, 0) is 16.1 Å². The van der Waals surface area contributed by atoms with Gasteiger partial charge in [0.2, 0.25) is 11.8 Å². The fourth-order valence-electron chi connectivity index (χ4n) is 4.16. The van der Waals surface area contributed by atoms with Gasteiger partial charge in [-0.05, 0) is 36.1 Å². The van der Waals surface area contributed by atoms with Crippen LogP contribution in [0.5, 0.6) is 0 Å². The molecule has 0 spiro atoms. The Morgan fingerprint density at radius 3 is 2.58 bits per heavy atom. The highest BCUT2D eigenvalue weighted by molar-refractivity contribution is 5.99. The van der Waals surface area contributed by atoms with Crippen LogP contribution in [0.1, 0.15) is 50.7 Å². The van der Waals surface area contributed by atoms with E-state index in [1.165, 1.54) is 4.90 Å². The molecule has 1 aromatic carbocycles. The van der Waals surface area contributed by atoms with Gasteiger partial charge in [-0.3, -0.25) is 19.4 Å². The highest BCUT2D eigenvalue weighted by Gasteiger charge is 2.38. The van der Waals surface area contributed by atoms with Crippen LogP contribution >= 0.6 is 0 Å². The Morgan fingerprint density at radius 2 is 1.90 bits per heavy atom. The lowest BCUT2D eigenvalue weighted by Gasteiger charge is -2.37. The second-order valence-electron chi connectivity index (χ2n) is 8.98. The van der Waals surface area contributed by atoms with Gasteiger partial charge in [0.05, 0.1) is 18.5 Å². The second kappa shape index (κ2) is 8.13. The van der Waals surface area contributed by atoms with Crippen molar-refractivity contribution in [1.29, 1.82) is 0 Å². The maximum absolute atomic E-state index is 12.8. The molecule has 0 bridgehead atoms. The Hall–Kier alpha value is -3.22. The van der Waals surface area contributed by atoms with Crippen molar-refractivity contribution in [2.45, 2.75) is 51.6 Å².